The number of halogens is 1. The third-order valence-electron chi connectivity index (χ3n) is 6.06. The van der Waals surface area contributed by atoms with Crippen LogP contribution in [0.15, 0.2) is 53.0 Å². The van der Waals surface area contributed by atoms with Gasteiger partial charge in [-0.25, -0.2) is 9.59 Å². The van der Waals surface area contributed by atoms with E-state index in [1.165, 1.54) is 20.3 Å². The molecule has 0 N–H and O–H groups in total. The molecule has 0 radical (unpaired) electrons. The third-order valence-corrected chi connectivity index (χ3v) is 6.72. The van der Waals surface area contributed by atoms with Crippen LogP contribution in [0.3, 0.4) is 0 Å². The third kappa shape index (κ3) is 3.97. The van der Waals surface area contributed by atoms with Crippen LogP contribution in [-0.4, -0.2) is 46.2 Å². The van der Waals surface area contributed by atoms with E-state index in [9.17, 15) is 14.4 Å². The Hall–Kier alpha value is -3.33. The van der Waals surface area contributed by atoms with Crippen LogP contribution in [-0.2, 0) is 24.7 Å². The van der Waals surface area contributed by atoms with Crippen LogP contribution < -0.4 is 0 Å². The number of fused-ring (bicyclic) bond motifs is 3. The zero-order valence-corrected chi connectivity index (χ0v) is 21.2. The number of hydrogen-bond donors (Lipinski definition) is 0. The van der Waals surface area contributed by atoms with E-state index < -0.39 is 17.7 Å². The minimum atomic E-state index is -1.25. The molecule has 8 heteroatoms. The summed E-state index contributed by atoms with van der Waals surface area (Å²) in [7, 11) is 4.13. The average molecular weight is 539 g/mol. The molecule has 1 aliphatic rings. The van der Waals surface area contributed by atoms with E-state index in [4.69, 9.17) is 18.9 Å². The highest BCUT2D eigenvalue weighted by atomic mass is 79.9. The van der Waals surface area contributed by atoms with E-state index >= 15 is 0 Å². The molecule has 0 bridgehead atoms. The first kappa shape index (κ1) is 24.8. The number of aldehydes is 1. The number of carbonyl (C=O) groups is 3. The predicted molar refractivity (Wildman–Crippen MR) is 132 cm³/mol. The van der Waals surface area contributed by atoms with E-state index in [-0.39, 0.29) is 11.1 Å². The number of carbonyl (C=O) groups excluding carboxylic acids is 3. The van der Waals surface area contributed by atoms with Gasteiger partial charge in [0.1, 0.15) is 6.29 Å². The lowest BCUT2D eigenvalue weighted by Gasteiger charge is -2.30. The molecule has 1 atom stereocenters. The Morgan fingerprint density at radius 3 is 2.09 bits per heavy atom. The molecule has 180 valence electrons. The Kier molecular flexibility index (Phi) is 6.89. The van der Waals surface area contributed by atoms with Crippen LogP contribution in [0, 0.1) is 0 Å². The van der Waals surface area contributed by atoms with Gasteiger partial charge < -0.3 is 18.9 Å². The Labute approximate surface area is 211 Å². The fraction of sp³-hybridized carbons (Fsp3) is 0.222. The smallest absolute Gasteiger partial charge is 0.339 e. The van der Waals surface area contributed by atoms with Crippen LogP contribution in [0.2, 0.25) is 0 Å². The first-order chi connectivity index (χ1) is 16.8. The van der Waals surface area contributed by atoms with Crippen molar-refractivity contribution in [2.24, 2.45) is 0 Å². The van der Waals surface area contributed by atoms with Gasteiger partial charge in [0.05, 0.1) is 25.3 Å². The summed E-state index contributed by atoms with van der Waals surface area (Å²) in [5, 5.41) is 0. The molecule has 4 rings (SSSR count). The van der Waals surface area contributed by atoms with E-state index in [1.807, 2.05) is 31.2 Å². The summed E-state index contributed by atoms with van der Waals surface area (Å²) >= 11 is 3.35. The molecule has 3 aromatic carbocycles. The molecule has 0 saturated carbocycles. The number of benzene rings is 3. The van der Waals surface area contributed by atoms with Gasteiger partial charge in [0, 0.05) is 34.9 Å². The second-order valence-corrected chi connectivity index (χ2v) is 8.65. The molecule has 0 saturated heterocycles. The summed E-state index contributed by atoms with van der Waals surface area (Å²) in [6, 6.07) is 14.1. The molecule has 7 nitrogen and oxygen atoms in total. The van der Waals surface area contributed by atoms with Gasteiger partial charge in [-0.05, 0) is 69.4 Å². The molecule has 0 amide bonds. The molecule has 0 fully saturated rings. The largest absolute Gasteiger partial charge is 0.465 e. The van der Waals surface area contributed by atoms with E-state index in [0.29, 0.717) is 27.8 Å². The van der Waals surface area contributed by atoms with Gasteiger partial charge in [-0.1, -0.05) is 24.3 Å². The minimum absolute atomic E-state index is 0.261. The maximum atomic E-state index is 12.6. The van der Waals surface area contributed by atoms with Crippen molar-refractivity contribution in [1.82, 2.24) is 0 Å². The number of methoxy groups -OCH3 is 3. The molecule has 0 aromatic heterocycles. The number of esters is 2. The minimum Gasteiger partial charge on any atom is -0.465 e. The summed E-state index contributed by atoms with van der Waals surface area (Å²) in [5.41, 5.74) is 5.35. The summed E-state index contributed by atoms with van der Waals surface area (Å²) in [4.78, 5) is 36.5. The lowest BCUT2D eigenvalue weighted by molar-refractivity contribution is -0.196. The first-order valence-electron chi connectivity index (χ1n) is 10.8. The van der Waals surface area contributed by atoms with Gasteiger partial charge in [-0.15, -0.1) is 0 Å². The molecular weight excluding hydrogens is 516 g/mol. The predicted octanol–water partition coefficient (Wildman–Crippen LogP) is 5.37. The molecule has 1 aliphatic carbocycles. The zero-order chi connectivity index (χ0) is 25.3. The molecule has 0 spiro atoms. The van der Waals surface area contributed by atoms with Gasteiger partial charge in [0.25, 0.3) is 0 Å². The quantitative estimate of drug-likeness (QED) is 0.227. The maximum Gasteiger partial charge on any atom is 0.339 e. The van der Waals surface area contributed by atoms with Crippen LogP contribution >= 0.6 is 15.9 Å². The zero-order valence-electron chi connectivity index (χ0n) is 19.6. The fourth-order valence-corrected chi connectivity index (χ4v) is 5.01. The maximum absolute atomic E-state index is 12.6. The van der Waals surface area contributed by atoms with Crippen molar-refractivity contribution in [3.05, 3.63) is 80.8 Å². The average Bonchev–Trinajstić information content (AvgIpc) is 3.16. The SMILES string of the molecule is CCOC1(OC)c2cc(C=O)ccc2-c2ccc(-c3cc(C(=O)OC)c(Br)cc3C(=O)OC)cc21. The summed E-state index contributed by atoms with van der Waals surface area (Å²) in [6.07, 6.45) is 0.778. The second kappa shape index (κ2) is 9.73. The molecule has 0 aliphatic heterocycles. The normalized spacial score (nSPS) is 15.8. The Bertz CT molecular complexity index is 1350. The van der Waals surface area contributed by atoms with Gasteiger partial charge in [0.15, 0.2) is 0 Å². The standard InChI is InChI=1S/C27H23BrO7/c1-5-35-27(34-4)22-10-15(14-29)6-8-17(22)18-9-7-16(11-23(18)27)19-12-21(26(31)33-3)24(28)13-20(19)25(30)32-2/h6-14H,5H2,1-4H3. The van der Waals surface area contributed by atoms with Crippen molar-refractivity contribution >= 4 is 34.2 Å². The van der Waals surface area contributed by atoms with Crippen molar-refractivity contribution in [2.75, 3.05) is 27.9 Å². The Balaban J connectivity index is 1.99. The Morgan fingerprint density at radius 2 is 1.49 bits per heavy atom. The van der Waals surface area contributed by atoms with Gasteiger partial charge in [-0.3, -0.25) is 4.79 Å². The van der Waals surface area contributed by atoms with Crippen molar-refractivity contribution in [2.45, 2.75) is 12.7 Å². The first-order valence-corrected chi connectivity index (χ1v) is 11.6. The Morgan fingerprint density at radius 1 is 0.857 bits per heavy atom. The molecule has 0 heterocycles. The van der Waals surface area contributed by atoms with Gasteiger partial charge >= 0.3 is 11.9 Å². The van der Waals surface area contributed by atoms with Crippen molar-refractivity contribution in [3.63, 3.8) is 0 Å². The van der Waals surface area contributed by atoms with Crippen LogP contribution in [0.1, 0.15) is 49.1 Å². The lowest BCUT2D eigenvalue weighted by Crippen LogP contribution is -2.31. The highest BCUT2D eigenvalue weighted by molar-refractivity contribution is 9.10. The van der Waals surface area contributed by atoms with Crippen molar-refractivity contribution in [1.29, 1.82) is 0 Å². The summed E-state index contributed by atoms with van der Waals surface area (Å²) < 4.78 is 22.4. The van der Waals surface area contributed by atoms with Crippen LogP contribution in [0.25, 0.3) is 22.3 Å². The highest BCUT2D eigenvalue weighted by Gasteiger charge is 2.45. The topological polar surface area (TPSA) is 88.1 Å². The monoisotopic (exact) mass is 538 g/mol. The van der Waals surface area contributed by atoms with Crippen LogP contribution in [0.5, 0.6) is 0 Å². The lowest BCUT2D eigenvalue weighted by atomic mass is 9.93. The second-order valence-electron chi connectivity index (χ2n) is 7.80. The van der Waals surface area contributed by atoms with Crippen LogP contribution in [0.4, 0.5) is 0 Å². The highest BCUT2D eigenvalue weighted by Crippen LogP contribution is 2.51. The number of hydrogen-bond acceptors (Lipinski definition) is 7. The molecule has 1 unspecified atom stereocenters. The van der Waals surface area contributed by atoms with Gasteiger partial charge in [0.2, 0.25) is 5.79 Å². The number of rotatable bonds is 7. The number of ether oxygens (including phenoxy) is 4. The van der Waals surface area contributed by atoms with E-state index in [2.05, 4.69) is 15.9 Å². The molecule has 3 aromatic rings. The van der Waals surface area contributed by atoms with E-state index in [1.54, 1.807) is 25.3 Å². The summed E-state index contributed by atoms with van der Waals surface area (Å²) in [5.74, 6) is -2.36. The molecular formula is C27H23BrO7. The summed E-state index contributed by atoms with van der Waals surface area (Å²) in [6.45, 7) is 2.21. The fourth-order valence-electron chi connectivity index (χ4n) is 4.50. The van der Waals surface area contributed by atoms with Crippen molar-refractivity contribution in [3.8, 4) is 22.3 Å². The van der Waals surface area contributed by atoms with E-state index in [0.717, 1.165) is 28.5 Å². The van der Waals surface area contributed by atoms with Crippen molar-refractivity contribution < 1.29 is 33.3 Å². The molecule has 35 heavy (non-hydrogen) atoms. The van der Waals surface area contributed by atoms with Gasteiger partial charge in [-0.2, -0.15) is 0 Å².